The molecule has 1 unspecified atom stereocenters. The van der Waals surface area contributed by atoms with E-state index < -0.39 is 0 Å². The Bertz CT molecular complexity index is 248. The van der Waals surface area contributed by atoms with Crippen LogP contribution in [0.15, 0.2) is 12.2 Å². The molecule has 2 heterocycles. The zero-order valence-corrected chi connectivity index (χ0v) is 9.90. The Balaban J connectivity index is 2.22. The van der Waals surface area contributed by atoms with Gasteiger partial charge in [0.1, 0.15) is 0 Å². The van der Waals surface area contributed by atoms with Gasteiger partial charge >= 0.3 is 0 Å². The Morgan fingerprint density at radius 3 is 2.71 bits per heavy atom. The minimum Gasteiger partial charge on any atom is -0.294 e. The van der Waals surface area contributed by atoms with Crippen LogP contribution in [0.2, 0.25) is 0 Å². The van der Waals surface area contributed by atoms with Gasteiger partial charge in [0, 0.05) is 12.1 Å². The highest BCUT2D eigenvalue weighted by Gasteiger charge is 2.48. The van der Waals surface area contributed by atoms with Gasteiger partial charge in [-0.2, -0.15) is 0 Å². The molecule has 2 saturated heterocycles. The van der Waals surface area contributed by atoms with Crippen molar-refractivity contribution in [3.05, 3.63) is 12.2 Å². The first-order valence-corrected chi connectivity index (χ1v) is 5.87. The van der Waals surface area contributed by atoms with Gasteiger partial charge < -0.3 is 0 Å². The highest BCUT2D eigenvalue weighted by atomic mass is 15.2. The third-order valence-corrected chi connectivity index (χ3v) is 3.79. The molecule has 0 amide bonds. The van der Waals surface area contributed by atoms with E-state index in [1.54, 1.807) is 0 Å². The van der Waals surface area contributed by atoms with E-state index in [0.29, 0.717) is 11.0 Å². The van der Waals surface area contributed by atoms with Gasteiger partial charge in [-0.25, -0.2) is 0 Å². The molecule has 2 aliphatic heterocycles. The molecule has 0 spiro atoms. The topological polar surface area (TPSA) is 3.24 Å². The van der Waals surface area contributed by atoms with Gasteiger partial charge in [-0.15, -0.1) is 0 Å². The molecule has 0 saturated carbocycles. The van der Waals surface area contributed by atoms with Crippen LogP contribution in [0.4, 0.5) is 0 Å². The van der Waals surface area contributed by atoms with Crippen LogP contribution in [0.5, 0.6) is 0 Å². The molecular weight excluding hydrogens is 170 g/mol. The van der Waals surface area contributed by atoms with Gasteiger partial charge in [0.25, 0.3) is 0 Å². The fourth-order valence-corrected chi connectivity index (χ4v) is 3.37. The van der Waals surface area contributed by atoms with Crippen molar-refractivity contribution < 1.29 is 0 Å². The summed E-state index contributed by atoms with van der Waals surface area (Å²) < 4.78 is 0. The zero-order valence-electron chi connectivity index (χ0n) is 9.90. The number of rotatable bonds is 1. The Hall–Kier alpha value is -0.300. The summed E-state index contributed by atoms with van der Waals surface area (Å²) in [5, 5.41) is 0. The Morgan fingerprint density at radius 2 is 2.07 bits per heavy atom. The van der Waals surface area contributed by atoms with Crippen molar-refractivity contribution in [3.63, 3.8) is 0 Å². The molecule has 0 aromatic carbocycles. The first-order valence-electron chi connectivity index (χ1n) is 5.87. The number of nitrogens with zero attached hydrogens (tertiary/aromatic N) is 1. The molecule has 2 rings (SSSR count). The monoisotopic (exact) mass is 193 g/mol. The van der Waals surface area contributed by atoms with E-state index in [1.807, 2.05) is 0 Å². The predicted octanol–water partition coefficient (Wildman–Crippen LogP) is 3.22. The summed E-state index contributed by atoms with van der Waals surface area (Å²) in [6, 6.07) is 0. The van der Waals surface area contributed by atoms with E-state index in [0.717, 1.165) is 0 Å². The maximum atomic E-state index is 4.31. The second-order valence-corrected chi connectivity index (χ2v) is 6.21. The van der Waals surface area contributed by atoms with Crippen molar-refractivity contribution >= 4 is 0 Å². The zero-order chi connectivity index (χ0) is 10.4. The average Bonchev–Trinajstić information content (AvgIpc) is 2.51. The van der Waals surface area contributed by atoms with Crippen LogP contribution in [0.1, 0.15) is 46.5 Å². The number of fused-ring (bicyclic) bond motifs is 1. The molecule has 0 radical (unpaired) electrons. The highest BCUT2D eigenvalue weighted by Crippen LogP contribution is 2.48. The maximum Gasteiger partial charge on any atom is 0.0423 e. The Labute approximate surface area is 88.2 Å². The minimum atomic E-state index is 0.387. The molecule has 0 N–H and O–H groups in total. The average molecular weight is 193 g/mol. The maximum absolute atomic E-state index is 4.31. The van der Waals surface area contributed by atoms with Crippen molar-refractivity contribution in [2.24, 2.45) is 5.41 Å². The van der Waals surface area contributed by atoms with Crippen LogP contribution < -0.4 is 0 Å². The van der Waals surface area contributed by atoms with E-state index in [4.69, 9.17) is 0 Å². The first kappa shape index (κ1) is 10.2. The summed E-state index contributed by atoms with van der Waals surface area (Å²) in [6.45, 7) is 13.9. The summed E-state index contributed by atoms with van der Waals surface area (Å²) in [4.78, 5) is 2.68. The van der Waals surface area contributed by atoms with Crippen molar-refractivity contribution in [1.29, 1.82) is 0 Å². The molecule has 80 valence electrons. The van der Waals surface area contributed by atoms with Crippen LogP contribution in [-0.4, -0.2) is 23.5 Å². The van der Waals surface area contributed by atoms with Crippen molar-refractivity contribution in [2.45, 2.75) is 52.0 Å². The standard InChI is InChI=1S/C13H23N/c1-11-6-9-14-8-5-7-13(11,14)10-12(2,3)4/h1,5-10H2,2-4H3. The van der Waals surface area contributed by atoms with Crippen LogP contribution in [0, 0.1) is 5.41 Å². The lowest BCUT2D eigenvalue weighted by Gasteiger charge is -2.38. The Kier molecular flexibility index (Phi) is 2.26. The summed E-state index contributed by atoms with van der Waals surface area (Å²) >= 11 is 0. The second kappa shape index (κ2) is 3.10. The van der Waals surface area contributed by atoms with E-state index >= 15 is 0 Å². The molecule has 2 aliphatic rings. The molecule has 0 aromatic rings. The second-order valence-electron chi connectivity index (χ2n) is 6.21. The third kappa shape index (κ3) is 1.52. The summed E-state index contributed by atoms with van der Waals surface area (Å²) in [5.41, 5.74) is 2.32. The van der Waals surface area contributed by atoms with Crippen LogP contribution in [0.3, 0.4) is 0 Å². The van der Waals surface area contributed by atoms with Gasteiger partial charge in [-0.1, -0.05) is 32.9 Å². The summed E-state index contributed by atoms with van der Waals surface area (Å²) in [7, 11) is 0. The smallest absolute Gasteiger partial charge is 0.0423 e. The van der Waals surface area contributed by atoms with E-state index in [9.17, 15) is 0 Å². The summed E-state index contributed by atoms with van der Waals surface area (Å²) in [6.07, 6.45) is 5.24. The minimum absolute atomic E-state index is 0.387. The van der Waals surface area contributed by atoms with Gasteiger partial charge in [0.2, 0.25) is 0 Å². The molecule has 1 heteroatoms. The third-order valence-electron chi connectivity index (χ3n) is 3.79. The first-order chi connectivity index (χ1) is 6.44. The lowest BCUT2D eigenvalue weighted by atomic mass is 9.75. The van der Waals surface area contributed by atoms with Crippen molar-refractivity contribution in [2.75, 3.05) is 13.1 Å². The lowest BCUT2D eigenvalue weighted by Crippen LogP contribution is -2.42. The molecule has 0 aromatic heterocycles. The molecule has 14 heavy (non-hydrogen) atoms. The van der Waals surface area contributed by atoms with Crippen molar-refractivity contribution in [1.82, 2.24) is 4.90 Å². The fourth-order valence-electron chi connectivity index (χ4n) is 3.37. The van der Waals surface area contributed by atoms with Crippen LogP contribution >= 0.6 is 0 Å². The largest absolute Gasteiger partial charge is 0.294 e. The molecule has 1 nitrogen and oxygen atoms in total. The van der Waals surface area contributed by atoms with E-state index in [-0.39, 0.29) is 0 Å². The van der Waals surface area contributed by atoms with Gasteiger partial charge in [-0.05, 0) is 37.6 Å². The van der Waals surface area contributed by atoms with Crippen LogP contribution in [-0.2, 0) is 0 Å². The molecule has 1 atom stereocenters. The van der Waals surface area contributed by atoms with E-state index in [2.05, 4.69) is 32.3 Å². The molecule has 0 bridgehead atoms. The molecule has 0 aliphatic carbocycles. The van der Waals surface area contributed by atoms with Gasteiger partial charge in [-0.3, -0.25) is 4.90 Å². The number of hydrogen-bond acceptors (Lipinski definition) is 1. The predicted molar refractivity (Wildman–Crippen MR) is 61.4 cm³/mol. The van der Waals surface area contributed by atoms with Crippen molar-refractivity contribution in [3.8, 4) is 0 Å². The summed E-state index contributed by atoms with van der Waals surface area (Å²) in [5.74, 6) is 0. The molecule has 2 fully saturated rings. The quantitative estimate of drug-likeness (QED) is 0.578. The number of hydrogen-bond donors (Lipinski definition) is 0. The van der Waals surface area contributed by atoms with Gasteiger partial charge in [0.05, 0.1) is 0 Å². The molecular formula is C13H23N. The van der Waals surface area contributed by atoms with E-state index in [1.165, 1.54) is 44.3 Å². The Morgan fingerprint density at radius 1 is 1.36 bits per heavy atom. The van der Waals surface area contributed by atoms with Gasteiger partial charge in [0.15, 0.2) is 0 Å². The fraction of sp³-hybridized carbons (Fsp3) is 0.846. The van der Waals surface area contributed by atoms with Crippen LogP contribution in [0.25, 0.3) is 0 Å². The normalized spacial score (nSPS) is 33.8. The lowest BCUT2D eigenvalue weighted by molar-refractivity contribution is 0.155. The SMILES string of the molecule is C=C1CCN2CCCC12CC(C)(C)C. The highest BCUT2D eigenvalue weighted by molar-refractivity contribution is 5.25.